The Hall–Kier alpha value is -2.33. The Morgan fingerprint density at radius 2 is 1.58 bits per heavy atom. The predicted octanol–water partition coefficient (Wildman–Crippen LogP) is 4.69. The number of hydrogen-bond acceptors (Lipinski definition) is 8. The van der Waals surface area contributed by atoms with Gasteiger partial charge in [0.2, 0.25) is 0 Å². The van der Waals surface area contributed by atoms with Crippen molar-refractivity contribution in [1.82, 2.24) is 0 Å². The first-order valence-corrected chi connectivity index (χ1v) is 13.6. The molecule has 4 rings (SSSR count). The van der Waals surface area contributed by atoms with Crippen molar-refractivity contribution in [3.8, 4) is 0 Å². The van der Waals surface area contributed by atoms with Crippen molar-refractivity contribution >= 4 is 5.97 Å². The van der Waals surface area contributed by atoms with Gasteiger partial charge in [-0.2, -0.15) is 0 Å². The molecule has 0 spiro atoms. The van der Waals surface area contributed by atoms with E-state index in [-0.39, 0.29) is 12.6 Å². The van der Waals surface area contributed by atoms with Crippen LogP contribution in [0.25, 0.3) is 0 Å². The van der Waals surface area contributed by atoms with Gasteiger partial charge in [-0.25, -0.2) is 0 Å². The van der Waals surface area contributed by atoms with Crippen LogP contribution in [-0.4, -0.2) is 62.1 Å². The highest BCUT2D eigenvalue weighted by Gasteiger charge is 2.50. The fourth-order valence-electron chi connectivity index (χ4n) is 4.80. The van der Waals surface area contributed by atoms with Crippen LogP contribution in [0.3, 0.4) is 0 Å². The second-order valence-corrected chi connectivity index (χ2v) is 9.79. The largest absolute Gasteiger partial charge is 0.469 e. The summed E-state index contributed by atoms with van der Waals surface area (Å²) in [5.41, 5.74) is 1.89. The van der Waals surface area contributed by atoms with Gasteiger partial charge in [0.25, 0.3) is 0 Å². The van der Waals surface area contributed by atoms with E-state index in [1.54, 1.807) is 0 Å². The van der Waals surface area contributed by atoms with Crippen LogP contribution in [0.15, 0.2) is 60.7 Å². The van der Waals surface area contributed by atoms with Crippen molar-refractivity contribution in [2.45, 2.75) is 88.5 Å². The summed E-state index contributed by atoms with van der Waals surface area (Å²) >= 11 is 0. The summed E-state index contributed by atoms with van der Waals surface area (Å²) in [6.07, 6.45) is 2.37. The molecule has 2 aromatic rings. The summed E-state index contributed by atoms with van der Waals surface area (Å²) in [4.78, 5) is 11.2. The van der Waals surface area contributed by atoms with Crippen LogP contribution in [-0.2, 0) is 39.8 Å². The Labute approximate surface area is 225 Å². The smallest absolute Gasteiger partial charge is 0.305 e. The van der Waals surface area contributed by atoms with E-state index in [2.05, 4.69) is 4.74 Å². The first kappa shape index (κ1) is 28.7. The number of carbonyl (C=O) groups excluding carboxylic acids is 1. The molecule has 8 heteroatoms. The highest BCUT2D eigenvalue weighted by molar-refractivity contribution is 5.68. The second-order valence-electron chi connectivity index (χ2n) is 9.79. The van der Waals surface area contributed by atoms with Gasteiger partial charge in [0.1, 0.15) is 24.4 Å². The molecule has 1 N–H and O–H groups in total. The minimum atomic E-state index is -0.938. The lowest BCUT2D eigenvalue weighted by Gasteiger charge is -2.47. The molecule has 2 heterocycles. The normalized spacial score (nSPS) is 27.0. The zero-order valence-electron chi connectivity index (χ0n) is 22.1. The molecule has 8 nitrogen and oxygen atoms in total. The van der Waals surface area contributed by atoms with Gasteiger partial charge in [-0.3, -0.25) is 4.79 Å². The van der Waals surface area contributed by atoms with Gasteiger partial charge in [-0.1, -0.05) is 86.3 Å². The molecular weight excluding hydrogens is 488 g/mol. The molecule has 0 bridgehead atoms. The molecule has 38 heavy (non-hydrogen) atoms. The van der Waals surface area contributed by atoms with Crippen molar-refractivity contribution in [2.24, 2.45) is 0 Å². The molecule has 1 unspecified atom stereocenters. The number of benzene rings is 2. The van der Waals surface area contributed by atoms with Gasteiger partial charge < -0.3 is 33.5 Å². The van der Waals surface area contributed by atoms with E-state index < -0.39 is 37.0 Å². The number of aliphatic hydroxyl groups is 1. The average molecular weight is 529 g/mol. The number of methoxy groups -OCH3 is 1. The van der Waals surface area contributed by atoms with E-state index in [1.807, 2.05) is 60.7 Å². The fourth-order valence-corrected chi connectivity index (χ4v) is 4.80. The number of esters is 1. The van der Waals surface area contributed by atoms with Crippen LogP contribution in [0, 0.1) is 0 Å². The third-order valence-electron chi connectivity index (χ3n) is 6.95. The number of ether oxygens (including phenoxy) is 6. The van der Waals surface area contributed by atoms with Gasteiger partial charge in [0, 0.05) is 18.6 Å². The summed E-state index contributed by atoms with van der Waals surface area (Å²) in [6, 6.07) is 19.5. The Balaban J connectivity index is 1.28. The van der Waals surface area contributed by atoms with Crippen LogP contribution in [0.5, 0.6) is 0 Å². The predicted molar refractivity (Wildman–Crippen MR) is 140 cm³/mol. The summed E-state index contributed by atoms with van der Waals surface area (Å²) in [5, 5.41) is 11.4. The van der Waals surface area contributed by atoms with E-state index in [4.69, 9.17) is 23.7 Å². The lowest BCUT2D eigenvalue weighted by Crippen LogP contribution is -2.62. The lowest BCUT2D eigenvalue weighted by molar-refractivity contribution is -0.367. The van der Waals surface area contributed by atoms with Crippen LogP contribution < -0.4 is 0 Å². The molecule has 6 atom stereocenters. The van der Waals surface area contributed by atoms with Crippen molar-refractivity contribution in [2.75, 3.05) is 20.3 Å². The molecule has 0 aromatic heterocycles. The molecular formula is C30H40O8. The van der Waals surface area contributed by atoms with Gasteiger partial charge in [0.05, 0.1) is 20.3 Å². The number of hydrogen-bond donors (Lipinski definition) is 1. The molecule has 208 valence electrons. The summed E-state index contributed by atoms with van der Waals surface area (Å²) < 4.78 is 35.3. The Bertz CT molecular complexity index is 940. The molecule has 2 saturated heterocycles. The molecule has 0 amide bonds. The first-order valence-electron chi connectivity index (χ1n) is 13.6. The number of fused-ring (bicyclic) bond motifs is 1. The summed E-state index contributed by atoms with van der Waals surface area (Å²) in [5.74, 6) is -0.149. The van der Waals surface area contributed by atoms with Crippen LogP contribution in [0.1, 0.15) is 62.4 Å². The third-order valence-corrected chi connectivity index (χ3v) is 6.95. The molecule has 2 fully saturated rings. The molecule has 2 aliphatic heterocycles. The maximum atomic E-state index is 11.4. The van der Waals surface area contributed by atoms with Gasteiger partial charge >= 0.3 is 5.97 Å². The maximum absolute atomic E-state index is 11.4. The third kappa shape index (κ3) is 8.33. The van der Waals surface area contributed by atoms with E-state index in [1.165, 1.54) is 7.11 Å². The van der Waals surface area contributed by atoms with Crippen LogP contribution in [0.4, 0.5) is 0 Å². The highest BCUT2D eigenvalue weighted by atomic mass is 16.8. The Morgan fingerprint density at radius 3 is 2.32 bits per heavy atom. The lowest BCUT2D eigenvalue weighted by atomic mass is 9.97. The van der Waals surface area contributed by atoms with Crippen molar-refractivity contribution in [1.29, 1.82) is 0 Å². The van der Waals surface area contributed by atoms with Crippen molar-refractivity contribution in [3.63, 3.8) is 0 Å². The van der Waals surface area contributed by atoms with E-state index >= 15 is 0 Å². The first-order chi connectivity index (χ1) is 18.7. The van der Waals surface area contributed by atoms with E-state index in [0.717, 1.165) is 49.7 Å². The molecule has 2 aromatic carbocycles. The number of rotatable bonds is 14. The van der Waals surface area contributed by atoms with E-state index in [0.29, 0.717) is 19.6 Å². The number of unbranched alkanes of at least 4 members (excludes halogenated alkanes) is 5. The second kappa shape index (κ2) is 15.3. The van der Waals surface area contributed by atoms with Gasteiger partial charge in [-0.05, 0) is 18.4 Å². The Morgan fingerprint density at radius 1 is 0.895 bits per heavy atom. The monoisotopic (exact) mass is 528 g/mol. The molecule has 0 saturated carbocycles. The van der Waals surface area contributed by atoms with Crippen LogP contribution in [0.2, 0.25) is 0 Å². The highest BCUT2D eigenvalue weighted by Crippen LogP contribution is 2.35. The zero-order chi connectivity index (χ0) is 26.6. The minimum Gasteiger partial charge on any atom is -0.469 e. The van der Waals surface area contributed by atoms with Crippen LogP contribution >= 0.6 is 0 Å². The molecule has 0 radical (unpaired) electrons. The average Bonchev–Trinajstić information content (AvgIpc) is 2.96. The summed E-state index contributed by atoms with van der Waals surface area (Å²) in [6.45, 7) is 1.11. The number of carbonyl (C=O) groups is 1. The quantitative estimate of drug-likeness (QED) is 0.279. The topological polar surface area (TPSA) is 92.7 Å². The Kier molecular flexibility index (Phi) is 11.6. The molecule has 0 aliphatic carbocycles. The van der Waals surface area contributed by atoms with Crippen molar-refractivity contribution < 1.29 is 38.3 Å². The standard InChI is InChI=1S/C30H40O8/c1-33-25(31)18-12-4-2-3-5-13-19-34-30-28(35-20-22-14-8-6-9-15-22)26(32)27-24(37-30)21-36-29(38-27)23-16-10-7-11-17-23/h6-11,14-17,24,26-30,32H,2-5,12-13,18-21H2,1H3/t24-,26+,27-,28-,29?,30+/m1/s1. The van der Waals surface area contributed by atoms with E-state index in [9.17, 15) is 9.90 Å². The summed E-state index contributed by atoms with van der Waals surface area (Å²) in [7, 11) is 1.42. The minimum absolute atomic E-state index is 0.149. The van der Waals surface area contributed by atoms with Gasteiger partial charge in [0.15, 0.2) is 12.6 Å². The van der Waals surface area contributed by atoms with Gasteiger partial charge in [-0.15, -0.1) is 0 Å². The number of aliphatic hydroxyl groups excluding tert-OH is 1. The maximum Gasteiger partial charge on any atom is 0.305 e. The molecule has 2 aliphatic rings. The SMILES string of the molecule is COC(=O)CCCCCCCCO[C@H]1O[C@@H]2COC(c3ccccc3)O[C@H]2[C@H](O)[C@H]1OCc1ccccc1. The van der Waals surface area contributed by atoms with Crippen molar-refractivity contribution in [3.05, 3.63) is 71.8 Å². The fraction of sp³-hybridized carbons (Fsp3) is 0.567. The zero-order valence-corrected chi connectivity index (χ0v) is 22.1.